The predicted molar refractivity (Wildman–Crippen MR) is 52.1 cm³/mol. The Morgan fingerprint density at radius 3 is 2.25 bits per heavy atom. The van der Waals surface area contributed by atoms with Gasteiger partial charge >= 0.3 is 0 Å². The van der Waals surface area contributed by atoms with E-state index in [4.69, 9.17) is 5.73 Å². The van der Waals surface area contributed by atoms with E-state index in [1.54, 1.807) is 6.20 Å². The Morgan fingerprint density at radius 1 is 1.33 bits per heavy atom. The minimum Gasteiger partial charge on any atom is -0.383 e. The Kier molecular flexibility index (Phi) is 2.09. The molecule has 1 aromatic rings. The molecule has 2 N–H and O–H groups in total. The summed E-state index contributed by atoms with van der Waals surface area (Å²) >= 11 is 0. The average molecular weight is 164 g/mol. The second-order valence-electron chi connectivity index (χ2n) is 4.14. The molecule has 1 aromatic heterocycles. The van der Waals surface area contributed by atoms with E-state index in [9.17, 15) is 0 Å². The molecule has 2 nitrogen and oxygen atoms in total. The minimum atomic E-state index is 0.0857. The molecule has 66 valence electrons. The average Bonchev–Trinajstić information content (AvgIpc) is 1.82. The summed E-state index contributed by atoms with van der Waals surface area (Å²) < 4.78 is 0. The second-order valence-corrected chi connectivity index (χ2v) is 4.14. The van der Waals surface area contributed by atoms with Crippen LogP contribution in [0.3, 0.4) is 0 Å². The molecule has 0 aliphatic carbocycles. The van der Waals surface area contributed by atoms with Gasteiger partial charge < -0.3 is 5.73 Å². The summed E-state index contributed by atoms with van der Waals surface area (Å²) in [6, 6.07) is 2.00. The Morgan fingerprint density at radius 2 is 1.92 bits per heavy atom. The first-order chi connectivity index (χ1) is 5.43. The lowest BCUT2D eigenvalue weighted by Crippen LogP contribution is -2.16. The third-order valence-corrected chi connectivity index (χ3v) is 1.94. The number of aromatic nitrogens is 1. The first-order valence-corrected chi connectivity index (χ1v) is 4.14. The first-order valence-electron chi connectivity index (χ1n) is 4.14. The number of hydrogen-bond donors (Lipinski definition) is 1. The van der Waals surface area contributed by atoms with Crippen molar-refractivity contribution in [3.8, 4) is 0 Å². The van der Waals surface area contributed by atoms with Crippen molar-refractivity contribution in [2.45, 2.75) is 33.1 Å². The van der Waals surface area contributed by atoms with Gasteiger partial charge in [-0.15, -0.1) is 0 Å². The van der Waals surface area contributed by atoms with E-state index >= 15 is 0 Å². The fourth-order valence-electron chi connectivity index (χ4n) is 1.55. The Labute approximate surface area is 73.8 Å². The third-order valence-electron chi connectivity index (χ3n) is 1.94. The number of aryl methyl sites for hydroxylation is 1. The van der Waals surface area contributed by atoms with Crippen molar-refractivity contribution in [1.82, 2.24) is 4.98 Å². The zero-order chi connectivity index (χ0) is 9.35. The monoisotopic (exact) mass is 164 g/mol. The van der Waals surface area contributed by atoms with Crippen molar-refractivity contribution >= 4 is 5.82 Å². The fourth-order valence-corrected chi connectivity index (χ4v) is 1.55. The van der Waals surface area contributed by atoms with Crippen LogP contribution in [0.25, 0.3) is 0 Å². The summed E-state index contributed by atoms with van der Waals surface area (Å²) in [6.07, 6.45) is 1.75. The summed E-state index contributed by atoms with van der Waals surface area (Å²) in [4.78, 5) is 4.08. The summed E-state index contributed by atoms with van der Waals surface area (Å²) in [6.45, 7) is 8.51. The number of rotatable bonds is 0. The molecule has 0 aromatic carbocycles. The smallest absolute Gasteiger partial charge is 0.127 e. The van der Waals surface area contributed by atoms with Gasteiger partial charge in [0.1, 0.15) is 5.82 Å². The van der Waals surface area contributed by atoms with E-state index in [0.717, 1.165) is 5.56 Å². The summed E-state index contributed by atoms with van der Waals surface area (Å²) in [7, 11) is 0. The van der Waals surface area contributed by atoms with Crippen LogP contribution in [0.5, 0.6) is 0 Å². The van der Waals surface area contributed by atoms with Crippen molar-refractivity contribution in [1.29, 1.82) is 0 Å². The number of nitrogens with zero attached hydrogens (tertiary/aromatic N) is 1. The fraction of sp³-hybridized carbons (Fsp3) is 0.500. The van der Waals surface area contributed by atoms with Crippen LogP contribution in [0.4, 0.5) is 5.82 Å². The van der Waals surface area contributed by atoms with E-state index in [0.29, 0.717) is 5.82 Å². The van der Waals surface area contributed by atoms with Crippen LogP contribution >= 0.6 is 0 Å². The molecule has 0 fully saturated rings. The van der Waals surface area contributed by atoms with E-state index in [1.165, 1.54) is 5.56 Å². The molecule has 0 unspecified atom stereocenters. The predicted octanol–water partition coefficient (Wildman–Crippen LogP) is 2.27. The van der Waals surface area contributed by atoms with Gasteiger partial charge in [-0.3, -0.25) is 0 Å². The molecule has 0 aliphatic rings. The quantitative estimate of drug-likeness (QED) is 0.638. The Balaban J connectivity index is 3.31. The molecular formula is C10H16N2. The van der Waals surface area contributed by atoms with Crippen molar-refractivity contribution in [3.05, 3.63) is 23.4 Å². The van der Waals surface area contributed by atoms with E-state index in [2.05, 4.69) is 32.7 Å². The van der Waals surface area contributed by atoms with Crippen LogP contribution < -0.4 is 5.73 Å². The van der Waals surface area contributed by atoms with Crippen molar-refractivity contribution in [3.63, 3.8) is 0 Å². The lowest BCUT2D eigenvalue weighted by Gasteiger charge is -2.22. The van der Waals surface area contributed by atoms with Gasteiger partial charge in [0.05, 0.1) is 0 Å². The van der Waals surface area contributed by atoms with Gasteiger partial charge in [0.25, 0.3) is 0 Å². The highest BCUT2D eigenvalue weighted by Gasteiger charge is 2.19. The molecule has 0 saturated heterocycles. The van der Waals surface area contributed by atoms with E-state index in [1.807, 2.05) is 6.07 Å². The maximum Gasteiger partial charge on any atom is 0.127 e. The standard InChI is InChI=1S/C10H16N2/c1-7-5-6-12-9(11)8(7)10(2,3)4/h5-6H,1-4H3,(H2,11,12). The van der Waals surface area contributed by atoms with Gasteiger partial charge in [-0.1, -0.05) is 20.8 Å². The van der Waals surface area contributed by atoms with Crippen LogP contribution in [-0.4, -0.2) is 4.98 Å². The Bertz CT molecular complexity index is 264. The summed E-state index contributed by atoms with van der Waals surface area (Å²) in [5.41, 5.74) is 8.26. The number of nitrogens with two attached hydrogens (primary N) is 1. The van der Waals surface area contributed by atoms with Crippen LogP contribution in [0.2, 0.25) is 0 Å². The van der Waals surface area contributed by atoms with Gasteiger partial charge in [-0.25, -0.2) is 4.98 Å². The van der Waals surface area contributed by atoms with Crippen LogP contribution in [0.1, 0.15) is 31.9 Å². The molecule has 2 heteroatoms. The van der Waals surface area contributed by atoms with Crippen LogP contribution in [0.15, 0.2) is 12.3 Å². The topological polar surface area (TPSA) is 38.9 Å². The van der Waals surface area contributed by atoms with Crippen molar-refractivity contribution in [2.75, 3.05) is 5.73 Å². The van der Waals surface area contributed by atoms with Crippen molar-refractivity contribution in [2.24, 2.45) is 0 Å². The first kappa shape index (κ1) is 9.04. The highest BCUT2D eigenvalue weighted by molar-refractivity contribution is 5.47. The molecule has 0 atom stereocenters. The zero-order valence-corrected chi connectivity index (χ0v) is 8.18. The highest BCUT2D eigenvalue weighted by atomic mass is 14.8. The van der Waals surface area contributed by atoms with E-state index in [-0.39, 0.29) is 5.41 Å². The zero-order valence-electron chi connectivity index (χ0n) is 8.18. The van der Waals surface area contributed by atoms with Gasteiger partial charge in [0.15, 0.2) is 0 Å². The number of anilines is 1. The second kappa shape index (κ2) is 2.77. The SMILES string of the molecule is Cc1ccnc(N)c1C(C)(C)C. The summed E-state index contributed by atoms with van der Waals surface area (Å²) in [5.74, 6) is 0.655. The molecular weight excluding hydrogens is 148 g/mol. The number of hydrogen-bond acceptors (Lipinski definition) is 2. The molecule has 0 amide bonds. The van der Waals surface area contributed by atoms with E-state index < -0.39 is 0 Å². The molecule has 0 bridgehead atoms. The highest BCUT2D eigenvalue weighted by Crippen LogP contribution is 2.28. The number of nitrogen functional groups attached to an aromatic ring is 1. The maximum absolute atomic E-state index is 5.80. The van der Waals surface area contributed by atoms with Gasteiger partial charge in [0, 0.05) is 11.8 Å². The molecule has 12 heavy (non-hydrogen) atoms. The van der Waals surface area contributed by atoms with Gasteiger partial charge in [-0.05, 0) is 24.0 Å². The maximum atomic E-state index is 5.80. The van der Waals surface area contributed by atoms with Crippen LogP contribution in [0, 0.1) is 6.92 Å². The minimum absolute atomic E-state index is 0.0857. The molecule has 0 radical (unpaired) electrons. The lowest BCUT2D eigenvalue weighted by molar-refractivity contribution is 0.586. The number of pyridine rings is 1. The Hall–Kier alpha value is -1.05. The summed E-state index contributed by atoms with van der Waals surface area (Å²) in [5, 5.41) is 0. The normalized spacial score (nSPS) is 11.7. The molecule has 1 rings (SSSR count). The van der Waals surface area contributed by atoms with Gasteiger partial charge in [0.2, 0.25) is 0 Å². The van der Waals surface area contributed by atoms with Crippen molar-refractivity contribution < 1.29 is 0 Å². The molecule has 0 aliphatic heterocycles. The molecule has 1 heterocycles. The lowest BCUT2D eigenvalue weighted by atomic mass is 9.84. The molecule has 0 saturated carbocycles. The third kappa shape index (κ3) is 1.58. The largest absolute Gasteiger partial charge is 0.383 e. The molecule has 0 spiro atoms. The van der Waals surface area contributed by atoms with Crippen LogP contribution in [-0.2, 0) is 5.41 Å². The van der Waals surface area contributed by atoms with Gasteiger partial charge in [-0.2, -0.15) is 0 Å².